The van der Waals surface area contributed by atoms with Gasteiger partial charge in [0.05, 0.1) is 0 Å². The predicted molar refractivity (Wildman–Crippen MR) is 42.5 cm³/mol. The number of carbonyl (C=O) groups is 1. The van der Waals surface area contributed by atoms with Crippen molar-refractivity contribution in [3.63, 3.8) is 0 Å². The normalized spacial score (nSPS) is 33.5. The summed E-state index contributed by atoms with van der Waals surface area (Å²) in [7, 11) is 0. The molecule has 0 amide bonds. The monoisotopic (exact) mass is 168 g/mol. The Hall–Kier alpha value is -0.990. The van der Waals surface area contributed by atoms with Crippen LogP contribution in [-0.2, 0) is 9.53 Å². The van der Waals surface area contributed by atoms with Crippen molar-refractivity contribution in [2.24, 2.45) is 5.92 Å². The molecule has 0 saturated heterocycles. The van der Waals surface area contributed by atoms with Crippen LogP contribution >= 0.6 is 0 Å². The van der Waals surface area contributed by atoms with Crippen molar-refractivity contribution >= 4 is 5.97 Å². The van der Waals surface area contributed by atoms with Crippen LogP contribution in [0.3, 0.4) is 0 Å². The van der Waals surface area contributed by atoms with Crippen LogP contribution in [0.5, 0.6) is 0 Å². The Morgan fingerprint density at radius 1 is 1.50 bits per heavy atom. The average molecular weight is 168 g/mol. The van der Waals surface area contributed by atoms with Gasteiger partial charge in [-0.25, -0.2) is 4.79 Å². The van der Waals surface area contributed by atoms with Crippen LogP contribution in [0, 0.1) is 5.92 Å². The van der Waals surface area contributed by atoms with Gasteiger partial charge in [0.25, 0.3) is 0 Å². The van der Waals surface area contributed by atoms with E-state index in [1.165, 1.54) is 12.8 Å². The van der Waals surface area contributed by atoms with E-state index in [2.05, 4.69) is 0 Å². The highest BCUT2D eigenvalue weighted by Gasteiger charge is 2.33. The Kier molecular flexibility index (Phi) is 1.79. The minimum atomic E-state index is -0.926. The predicted octanol–water partition coefficient (Wildman–Crippen LogP) is 1.54. The molecule has 2 rings (SSSR count). The number of ether oxygens (including phenoxy) is 1. The van der Waals surface area contributed by atoms with E-state index in [1.54, 1.807) is 6.08 Å². The second-order valence-corrected chi connectivity index (χ2v) is 3.44. The maximum Gasteiger partial charge on any atom is 0.370 e. The highest BCUT2D eigenvalue weighted by molar-refractivity contribution is 5.84. The van der Waals surface area contributed by atoms with Gasteiger partial charge < -0.3 is 9.84 Å². The number of hydrogen-bond donors (Lipinski definition) is 1. The molecular formula is C9H12O3. The Balaban J connectivity index is 2.09. The lowest BCUT2D eigenvalue weighted by atomic mass is 9.87. The van der Waals surface area contributed by atoms with Gasteiger partial charge in [0.1, 0.15) is 6.10 Å². The van der Waals surface area contributed by atoms with Crippen LogP contribution in [0.25, 0.3) is 0 Å². The van der Waals surface area contributed by atoms with Gasteiger partial charge >= 0.3 is 5.97 Å². The zero-order valence-electron chi connectivity index (χ0n) is 6.82. The van der Waals surface area contributed by atoms with E-state index in [0.717, 1.165) is 12.8 Å². The number of fused-ring (bicyclic) bond motifs is 1. The van der Waals surface area contributed by atoms with Crippen LogP contribution < -0.4 is 0 Å². The van der Waals surface area contributed by atoms with Crippen molar-refractivity contribution in [3.05, 3.63) is 11.8 Å². The third-order valence-electron chi connectivity index (χ3n) is 2.61. The number of carboxylic acids is 1. The molecule has 1 fully saturated rings. The first-order chi connectivity index (χ1) is 5.77. The zero-order chi connectivity index (χ0) is 8.55. The molecule has 1 aliphatic carbocycles. The summed E-state index contributed by atoms with van der Waals surface area (Å²) < 4.78 is 5.29. The van der Waals surface area contributed by atoms with E-state index in [1.807, 2.05) is 0 Å². The van der Waals surface area contributed by atoms with Crippen molar-refractivity contribution in [1.29, 1.82) is 0 Å². The van der Waals surface area contributed by atoms with E-state index in [-0.39, 0.29) is 11.9 Å². The molecule has 1 N–H and O–H groups in total. The molecule has 0 spiro atoms. The lowest BCUT2D eigenvalue weighted by molar-refractivity contribution is -0.137. The van der Waals surface area contributed by atoms with Crippen LogP contribution in [0.4, 0.5) is 0 Å². The van der Waals surface area contributed by atoms with Crippen molar-refractivity contribution in [2.45, 2.75) is 31.8 Å². The quantitative estimate of drug-likeness (QED) is 0.646. The summed E-state index contributed by atoms with van der Waals surface area (Å²) in [6.07, 6.45) is 6.39. The zero-order valence-corrected chi connectivity index (χ0v) is 6.82. The fourth-order valence-electron chi connectivity index (χ4n) is 1.98. The molecule has 3 nitrogen and oxygen atoms in total. The largest absolute Gasteiger partial charge is 0.483 e. The number of carboxylic acid groups (broad SMARTS) is 1. The molecule has 0 bridgehead atoms. The van der Waals surface area contributed by atoms with Crippen LogP contribution in [-0.4, -0.2) is 17.2 Å². The van der Waals surface area contributed by atoms with Crippen molar-refractivity contribution in [1.82, 2.24) is 0 Å². The fourth-order valence-corrected chi connectivity index (χ4v) is 1.98. The van der Waals surface area contributed by atoms with Gasteiger partial charge in [-0.3, -0.25) is 0 Å². The van der Waals surface area contributed by atoms with E-state index in [9.17, 15) is 4.79 Å². The molecule has 1 aliphatic heterocycles. The average Bonchev–Trinajstić information content (AvgIpc) is 2.46. The van der Waals surface area contributed by atoms with Crippen molar-refractivity contribution in [3.8, 4) is 0 Å². The Bertz CT molecular complexity index is 232. The maximum atomic E-state index is 10.6. The molecular weight excluding hydrogens is 156 g/mol. The van der Waals surface area contributed by atoms with Gasteiger partial charge in [0.15, 0.2) is 0 Å². The van der Waals surface area contributed by atoms with Crippen molar-refractivity contribution < 1.29 is 14.6 Å². The van der Waals surface area contributed by atoms with Gasteiger partial charge in [-0.2, -0.15) is 0 Å². The lowest BCUT2D eigenvalue weighted by Gasteiger charge is -2.23. The summed E-state index contributed by atoms with van der Waals surface area (Å²) in [5, 5.41) is 8.67. The van der Waals surface area contributed by atoms with Gasteiger partial charge in [0, 0.05) is 5.92 Å². The van der Waals surface area contributed by atoms with Gasteiger partial charge in [-0.15, -0.1) is 0 Å². The highest BCUT2D eigenvalue weighted by atomic mass is 16.5. The lowest BCUT2D eigenvalue weighted by Crippen LogP contribution is -2.21. The van der Waals surface area contributed by atoms with Crippen LogP contribution in [0.15, 0.2) is 11.8 Å². The second kappa shape index (κ2) is 2.81. The number of aliphatic carboxylic acids is 1. The SMILES string of the molecule is O=C(O)C1=CC2CCCCC2O1. The molecule has 0 radical (unpaired) electrons. The summed E-state index contributed by atoms with van der Waals surface area (Å²) in [6.45, 7) is 0. The second-order valence-electron chi connectivity index (χ2n) is 3.44. The van der Waals surface area contributed by atoms with Crippen molar-refractivity contribution in [2.75, 3.05) is 0 Å². The molecule has 66 valence electrons. The summed E-state index contributed by atoms with van der Waals surface area (Å²) in [6, 6.07) is 0. The smallest absolute Gasteiger partial charge is 0.370 e. The molecule has 1 heterocycles. The Morgan fingerprint density at radius 2 is 2.25 bits per heavy atom. The van der Waals surface area contributed by atoms with E-state index < -0.39 is 5.97 Å². The van der Waals surface area contributed by atoms with Gasteiger partial charge in [-0.1, -0.05) is 6.42 Å². The summed E-state index contributed by atoms with van der Waals surface area (Å²) in [4.78, 5) is 10.6. The molecule has 2 unspecified atom stereocenters. The fraction of sp³-hybridized carbons (Fsp3) is 0.667. The summed E-state index contributed by atoms with van der Waals surface area (Å²) in [5.41, 5.74) is 0. The van der Waals surface area contributed by atoms with Gasteiger partial charge in [0.2, 0.25) is 5.76 Å². The first-order valence-electron chi connectivity index (χ1n) is 4.39. The van der Waals surface area contributed by atoms with E-state index in [0.29, 0.717) is 5.92 Å². The topological polar surface area (TPSA) is 46.5 Å². The number of hydrogen-bond acceptors (Lipinski definition) is 2. The van der Waals surface area contributed by atoms with E-state index >= 15 is 0 Å². The molecule has 0 aromatic heterocycles. The first-order valence-corrected chi connectivity index (χ1v) is 4.39. The maximum absolute atomic E-state index is 10.6. The summed E-state index contributed by atoms with van der Waals surface area (Å²) >= 11 is 0. The third-order valence-corrected chi connectivity index (χ3v) is 2.61. The Labute approximate surface area is 71.0 Å². The standard InChI is InChI=1S/C9H12O3/c10-9(11)8-5-6-3-1-2-4-7(6)12-8/h5-7H,1-4H2,(H,10,11). The molecule has 0 aromatic rings. The molecule has 2 aliphatic rings. The molecule has 3 heteroatoms. The summed E-state index contributed by atoms with van der Waals surface area (Å²) in [5.74, 6) is -0.402. The molecule has 0 aromatic carbocycles. The molecule has 2 atom stereocenters. The first kappa shape index (κ1) is 7.65. The van der Waals surface area contributed by atoms with Gasteiger partial charge in [-0.05, 0) is 25.3 Å². The molecule has 1 saturated carbocycles. The number of rotatable bonds is 1. The Morgan fingerprint density at radius 3 is 2.92 bits per heavy atom. The van der Waals surface area contributed by atoms with Crippen LogP contribution in [0.2, 0.25) is 0 Å². The van der Waals surface area contributed by atoms with Crippen LogP contribution in [0.1, 0.15) is 25.7 Å². The highest BCUT2D eigenvalue weighted by Crippen LogP contribution is 2.34. The van der Waals surface area contributed by atoms with E-state index in [4.69, 9.17) is 9.84 Å². The minimum absolute atomic E-state index is 0.157. The minimum Gasteiger partial charge on any atom is -0.483 e. The third kappa shape index (κ3) is 1.19. The molecule has 12 heavy (non-hydrogen) atoms.